The number of aliphatic carboxylic acids is 1. The minimum Gasteiger partial charge on any atom is -0.480 e. The number of rotatable bonds is 4. The fourth-order valence-electron chi connectivity index (χ4n) is 8.47. The Morgan fingerprint density at radius 2 is 1.94 bits per heavy atom. The average Bonchev–Trinajstić information content (AvgIpc) is 3.43. The third-order valence-electron chi connectivity index (χ3n) is 10.6. The van der Waals surface area contributed by atoms with E-state index in [1.165, 1.54) is 10.5 Å². The summed E-state index contributed by atoms with van der Waals surface area (Å²) in [6.45, 7) is 4.86. The number of carboxylic acid groups (broad SMARTS) is 1. The lowest BCUT2D eigenvalue weighted by Crippen LogP contribution is -2.54. The molecule has 4 fully saturated rings. The number of oxime groups is 1. The van der Waals surface area contributed by atoms with E-state index in [1.807, 2.05) is 0 Å². The fraction of sp³-hybridized carbons (Fsp3) is 0.750. The Morgan fingerprint density at radius 1 is 1.17 bits per heavy atom. The summed E-state index contributed by atoms with van der Waals surface area (Å²) in [6, 6.07) is -0.750. The van der Waals surface area contributed by atoms with Crippen molar-refractivity contribution in [3.63, 3.8) is 0 Å². The predicted molar refractivity (Wildman–Crippen MR) is 131 cm³/mol. The third-order valence-corrected chi connectivity index (χ3v) is 10.6. The predicted octanol–water partition coefficient (Wildman–Crippen LogP) is 3.76. The molecule has 5 rings (SSSR count). The Hall–Kier alpha value is -2.33. The largest absolute Gasteiger partial charge is 0.480 e. The van der Waals surface area contributed by atoms with Crippen LogP contribution in [0, 0.1) is 40.9 Å². The van der Waals surface area contributed by atoms with Crippen molar-refractivity contribution < 1.29 is 24.6 Å². The molecule has 2 N–H and O–H groups in total. The minimum atomic E-state index is -0.972. The number of carbonyl (C=O) groups excluding carboxylic acids is 1. The summed E-state index contributed by atoms with van der Waals surface area (Å²) in [4.78, 5) is 30.6. The SMILES string of the molecule is C#C[C@@]1(O)CC[C@@H]2[C@@H]3CCC4=C/C(=N/OCC(=O)N5CCC[C@@H]5C(=O)O)CC[C@]4(C)[C@H]3CC[C@@]21C. The lowest BCUT2D eigenvalue weighted by Gasteiger charge is -2.58. The standard InChI is InChI=1S/C28H38N2O5/c1-4-28(34)14-11-22-20-8-7-18-16-19(9-12-26(18,2)21(20)10-13-27(22,28)3)29-35-17-24(31)30-15-5-6-23(30)25(32)33/h1,16,20-23,34H,5-15,17H2,2-3H3,(H,32,33)/b29-19+/t20-,21+,22-,23-,26+,27+,28-/m1/s1. The second-order valence-corrected chi connectivity index (χ2v) is 11.9. The summed E-state index contributed by atoms with van der Waals surface area (Å²) in [5, 5.41) is 24.7. The molecule has 0 radical (unpaired) electrons. The number of hydrogen-bond donors (Lipinski definition) is 2. The first-order chi connectivity index (χ1) is 16.6. The number of carbonyl (C=O) groups is 2. The number of nitrogens with zero attached hydrogens (tertiary/aromatic N) is 2. The lowest BCUT2D eigenvalue weighted by atomic mass is 9.46. The topological polar surface area (TPSA) is 99.4 Å². The van der Waals surface area contributed by atoms with Gasteiger partial charge >= 0.3 is 5.97 Å². The molecule has 7 nitrogen and oxygen atoms in total. The van der Waals surface area contributed by atoms with Crippen LogP contribution in [0.4, 0.5) is 0 Å². The van der Waals surface area contributed by atoms with Crippen LogP contribution < -0.4 is 0 Å². The highest BCUT2D eigenvalue weighted by Gasteiger charge is 2.63. The van der Waals surface area contributed by atoms with Gasteiger partial charge in [0.25, 0.3) is 5.91 Å². The summed E-state index contributed by atoms with van der Waals surface area (Å²) in [6.07, 6.45) is 16.9. The van der Waals surface area contributed by atoms with Crippen molar-refractivity contribution in [2.75, 3.05) is 13.2 Å². The van der Waals surface area contributed by atoms with E-state index in [0.29, 0.717) is 43.6 Å². The molecule has 0 spiro atoms. The minimum absolute atomic E-state index is 0.125. The van der Waals surface area contributed by atoms with Gasteiger partial charge in [-0.05, 0) is 93.5 Å². The molecule has 1 amide bonds. The van der Waals surface area contributed by atoms with Gasteiger partial charge in [-0.15, -0.1) is 6.42 Å². The maximum atomic E-state index is 12.4. The number of amides is 1. The first-order valence-electron chi connectivity index (χ1n) is 13.3. The van der Waals surface area contributed by atoms with E-state index < -0.39 is 17.6 Å². The summed E-state index contributed by atoms with van der Waals surface area (Å²) in [5.41, 5.74) is 1.26. The summed E-state index contributed by atoms with van der Waals surface area (Å²) >= 11 is 0. The molecule has 7 atom stereocenters. The zero-order valence-electron chi connectivity index (χ0n) is 21.0. The van der Waals surface area contributed by atoms with Gasteiger partial charge in [-0.3, -0.25) is 4.79 Å². The number of carboxylic acids is 1. The van der Waals surface area contributed by atoms with E-state index in [2.05, 4.69) is 31.0 Å². The molecule has 4 aliphatic carbocycles. The molecule has 0 unspecified atom stereocenters. The molecule has 7 heteroatoms. The van der Waals surface area contributed by atoms with E-state index in [4.69, 9.17) is 11.3 Å². The van der Waals surface area contributed by atoms with E-state index in [0.717, 1.165) is 50.7 Å². The molecule has 0 bridgehead atoms. The summed E-state index contributed by atoms with van der Waals surface area (Å²) < 4.78 is 0. The Balaban J connectivity index is 1.25. The van der Waals surface area contributed by atoms with E-state index >= 15 is 0 Å². The van der Waals surface area contributed by atoms with Crippen molar-refractivity contribution in [2.24, 2.45) is 33.7 Å². The highest BCUT2D eigenvalue weighted by molar-refractivity contribution is 5.96. The van der Waals surface area contributed by atoms with E-state index in [1.54, 1.807) is 0 Å². The molecule has 0 aromatic rings. The monoisotopic (exact) mass is 482 g/mol. The Kier molecular flexibility index (Phi) is 6.03. The van der Waals surface area contributed by atoms with Crippen molar-refractivity contribution in [2.45, 2.75) is 89.7 Å². The molecule has 0 aromatic heterocycles. The zero-order chi connectivity index (χ0) is 25.0. The van der Waals surface area contributed by atoms with Gasteiger partial charge in [0.2, 0.25) is 0 Å². The highest BCUT2D eigenvalue weighted by atomic mass is 16.6. The van der Waals surface area contributed by atoms with Crippen LogP contribution in [0.3, 0.4) is 0 Å². The van der Waals surface area contributed by atoms with Crippen LogP contribution in [0.5, 0.6) is 0 Å². The first kappa shape index (κ1) is 24.4. The maximum absolute atomic E-state index is 12.4. The third kappa shape index (κ3) is 3.71. The number of allylic oxidation sites excluding steroid dienone is 2. The van der Waals surface area contributed by atoms with Gasteiger partial charge in [0.05, 0.1) is 5.71 Å². The van der Waals surface area contributed by atoms with Gasteiger partial charge in [-0.25, -0.2) is 4.79 Å². The second kappa shape index (κ2) is 8.65. The van der Waals surface area contributed by atoms with Crippen LogP contribution in [-0.2, 0) is 14.4 Å². The smallest absolute Gasteiger partial charge is 0.326 e. The molecule has 1 saturated heterocycles. The van der Waals surface area contributed by atoms with Crippen LogP contribution in [0.1, 0.15) is 78.1 Å². The molecule has 0 aromatic carbocycles. The van der Waals surface area contributed by atoms with E-state index in [-0.39, 0.29) is 23.3 Å². The lowest BCUT2D eigenvalue weighted by molar-refractivity contribution is -0.150. The van der Waals surface area contributed by atoms with Crippen LogP contribution >= 0.6 is 0 Å². The van der Waals surface area contributed by atoms with Gasteiger partial charge in [0, 0.05) is 12.0 Å². The van der Waals surface area contributed by atoms with Crippen molar-refractivity contribution in [3.05, 3.63) is 11.6 Å². The highest BCUT2D eigenvalue weighted by Crippen LogP contribution is 2.67. The summed E-state index contributed by atoms with van der Waals surface area (Å²) in [7, 11) is 0. The van der Waals surface area contributed by atoms with Crippen molar-refractivity contribution in [1.29, 1.82) is 0 Å². The second-order valence-electron chi connectivity index (χ2n) is 11.9. The van der Waals surface area contributed by atoms with Crippen LogP contribution in [0.15, 0.2) is 16.8 Å². The number of hydrogen-bond acceptors (Lipinski definition) is 5. The fourth-order valence-corrected chi connectivity index (χ4v) is 8.47. The normalized spacial score (nSPS) is 43.5. The van der Waals surface area contributed by atoms with Gasteiger partial charge in [-0.2, -0.15) is 0 Å². The van der Waals surface area contributed by atoms with Crippen molar-refractivity contribution >= 4 is 17.6 Å². The van der Waals surface area contributed by atoms with Gasteiger partial charge in [0.1, 0.15) is 11.6 Å². The molecule has 35 heavy (non-hydrogen) atoms. The number of aliphatic hydroxyl groups is 1. The van der Waals surface area contributed by atoms with E-state index in [9.17, 15) is 19.8 Å². The molecule has 190 valence electrons. The first-order valence-corrected chi connectivity index (χ1v) is 13.3. The molecule has 3 saturated carbocycles. The van der Waals surface area contributed by atoms with Crippen molar-refractivity contribution in [1.82, 2.24) is 4.90 Å². The van der Waals surface area contributed by atoms with Gasteiger partial charge < -0.3 is 20.0 Å². The summed E-state index contributed by atoms with van der Waals surface area (Å²) in [5.74, 6) is 3.14. The Bertz CT molecular complexity index is 1010. The van der Waals surface area contributed by atoms with Crippen LogP contribution in [0.25, 0.3) is 0 Å². The maximum Gasteiger partial charge on any atom is 0.326 e. The quantitative estimate of drug-likeness (QED) is 0.470. The Morgan fingerprint density at radius 3 is 2.69 bits per heavy atom. The van der Waals surface area contributed by atoms with Crippen LogP contribution in [-0.4, -0.2) is 57.5 Å². The molecular weight excluding hydrogens is 444 g/mol. The Labute approximate surface area is 208 Å². The molecule has 1 aliphatic heterocycles. The molecule has 1 heterocycles. The van der Waals surface area contributed by atoms with Crippen LogP contribution in [0.2, 0.25) is 0 Å². The zero-order valence-corrected chi connectivity index (χ0v) is 21.0. The van der Waals surface area contributed by atoms with Crippen molar-refractivity contribution in [3.8, 4) is 12.3 Å². The van der Waals surface area contributed by atoms with Gasteiger partial charge in [-0.1, -0.05) is 30.5 Å². The number of terminal acetylenes is 1. The van der Waals surface area contributed by atoms with Gasteiger partial charge in [0.15, 0.2) is 6.61 Å². The molecular formula is C28H38N2O5. The number of likely N-dealkylation sites (tertiary alicyclic amines) is 1. The average molecular weight is 483 g/mol. The molecule has 5 aliphatic rings. The number of fused-ring (bicyclic) bond motifs is 5.